The van der Waals surface area contributed by atoms with Gasteiger partial charge in [-0.25, -0.2) is 0 Å². The minimum Gasteiger partial charge on any atom is -0.317 e. The molecule has 2 rings (SSSR count). The molecule has 0 radical (unpaired) electrons. The Bertz CT molecular complexity index is 269. The molecule has 0 saturated heterocycles. The minimum absolute atomic E-state index is 0.777. The largest absolute Gasteiger partial charge is 0.317 e. The molecule has 2 heteroatoms. The number of rotatable bonds is 4. The quantitative estimate of drug-likeness (QED) is 0.781. The fraction of sp³-hybridized carbons (Fsp3) is 1.00. The van der Waals surface area contributed by atoms with E-state index in [9.17, 15) is 0 Å². The summed E-state index contributed by atoms with van der Waals surface area (Å²) >= 11 is 0. The lowest BCUT2D eigenvalue weighted by atomic mass is 9.88. The van der Waals surface area contributed by atoms with Gasteiger partial charge in [-0.15, -0.1) is 0 Å². The van der Waals surface area contributed by atoms with Crippen LogP contribution in [0, 0.1) is 11.8 Å². The third-order valence-corrected chi connectivity index (χ3v) is 6.18. The minimum atomic E-state index is 0.777. The molecule has 0 aliphatic heterocycles. The van der Waals surface area contributed by atoms with E-state index in [1.165, 1.54) is 57.8 Å². The van der Waals surface area contributed by atoms with Gasteiger partial charge in [0.25, 0.3) is 0 Å². The summed E-state index contributed by atoms with van der Waals surface area (Å²) in [6, 6.07) is 2.48. The van der Waals surface area contributed by atoms with E-state index in [-0.39, 0.29) is 0 Å². The summed E-state index contributed by atoms with van der Waals surface area (Å²) in [4.78, 5) is 2.76. The van der Waals surface area contributed by atoms with Gasteiger partial charge in [-0.1, -0.05) is 26.7 Å². The summed E-state index contributed by atoms with van der Waals surface area (Å²) in [6.45, 7) is 4.82. The van der Waals surface area contributed by atoms with Crippen molar-refractivity contribution < 1.29 is 0 Å². The van der Waals surface area contributed by atoms with Gasteiger partial charge in [-0.05, 0) is 70.9 Å². The molecule has 2 atom stereocenters. The molecule has 0 bridgehead atoms. The Balaban J connectivity index is 1.82. The van der Waals surface area contributed by atoms with Gasteiger partial charge in [-0.3, -0.25) is 0 Å². The third kappa shape index (κ3) is 4.21. The van der Waals surface area contributed by atoms with Crippen molar-refractivity contribution in [1.82, 2.24) is 10.2 Å². The Morgan fingerprint density at radius 2 is 1.45 bits per heavy atom. The fourth-order valence-electron chi connectivity index (χ4n) is 4.45. The lowest BCUT2D eigenvalue weighted by Gasteiger charge is -2.39. The third-order valence-electron chi connectivity index (χ3n) is 6.18. The van der Waals surface area contributed by atoms with Gasteiger partial charge in [0.05, 0.1) is 0 Å². The summed E-state index contributed by atoms with van der Waals surface area (Å²) in [5.41, 5.74) is 0. The second-order valence-electron chi connectivity index (χ2n) is 7.63. The Morgan fingerprint density at radius 1 is 0.850 bits per heavy atom. The molecule has 0 aromatic rings. The zero-order valence-corrected chi connectivity index (χ0v) is 14.2. The van der Waals surface area contributed by atoms with Crippen molar-refractivity contribution in [2.75, 3.05) is 14.1 Å². The summed E-state index contributed by atoms with van der Waals surface area (Å²) in [5, 5.41) is 3.45. The molecular weight excluding hydrogens is 244 g/mol. The number of nitrogens with zero attached hydrogens (tertiary/aromatic N) is 1. The van der Waals surface area contributed by atoms with Crippen molar-refractivity contribution in [3.63, 3.8) is 0 Å². The average Bonchev–Trinajstić information content (AvgIpc) is 2.72. The van der Waals surface area contributed by atoms with Crippen molar-refractivity contribution in [3.8, 4) is 0 Å². The van der Waals surface area contributed by atoms with Gasteiger partial charge in [-0.2, -0.15) is 0 Å². The summed E-state index contributed by atoms with van der Waals surface area (Å²) < 4.78 is 0. The number of hydrogen-bond acceptors (Lipinski definition) is 2. The van der Waals surface area contributed by atoms with E-state index >= 15 is 0 Å². The molecule has 0 aromatic carbocycles. The highest BCUT2D eigenvalue weighted by Gasteiger charge is 2.29. The zero-order chi connectivity index (χ0) is 14.5. The van der Waals surface area contributed by atoms with Crippen LogP contribution in [0.5, 0.6) is 0 Å². The van der Waals surface area contributed by atoms with Gasteiger partial charge >= 0.3 is 0 Å². The Morgan fingerprint density at radius 3 is 2.05 bits per heavy atom. The molecule has 2 fully saturated rings. The van der Waals surface area contributed by atoms with Crippen LogP contribution in [0.3, 0.4) is 0 Å². The first kappa shape index (κ1) is 16.3. The van der Waals surface area contributed by atoms with Gasteiger partial charge in [0, 0.05) is 18.1 Å². The van der Waals surface area contributed by atoms with Crippen LogP contribution in [-0.4, -0.2) is 37.1 Å². The second kappa shape index (κ2) is 7.79. The predicted octanol–water partition coefficient (Wildman–Crippen LogP) is 4.05. The van der Waals surface area contributed by atoms with Crippen molar-refractivity contribution >= 4 is 0 Å². The molecule has 118 valence electrons. The van der Waals surface area contributed by atoms with Crippen molar-refractivity contribution in [2.24, 2.45) is 11.8 Å². The van der Waals surface area contributed by atoms with Crippen LogP contribution in [0.4, 0.5) is 0 Å². The Labute approximate surface area is 126 Å². The highest BCUT2D eigenvalue weighted by Crippen LogP contribution is 2.33. The molecule has 0 heterocycles. The first-order valence-electron chi connectivity index (χ1n) is 9.01. The standard InChI is InChI=1S/C18H36N2/c1-14(2)15-6-5-7-17(11-8-15)20(4)18-12-9-16(19-3)10-13-18/h14-19H,5-13H2,1-4H3. The normalized spacial score (nSPS) is 36.3. The van der Waals surface area contributed by atoms with Crippen molar-refractivity contribution in [2.45, 2.75) is 89.8 Å². The van der Waals surface area contributed by atoms with Gasteiger partial charge in [0.2, 0.25) is 0 Å². The Kier molecular flexibility index (Phi) is 6.35. The smallest absolute Gasteiger partial charge is 0.00963 e. The van der Waals surface area contributed by atoms with Crippen LogP contribution in [0.2, 0.25) is 0 Å². The van der Waals surface area contributed by atoms with Crippen LogP contribution in [0.25, 0.3) is 0 Å². The molecule has 2 unspecified atom stereocenters. The molecular formula is C18H36N2. The van der Waals surface area contributed by atoms with Crippen LogP contribution in [-0.2, 0) is 0 Å². The lowest BCUT2D eigenvalue weighted by molar-refractivity contribution is 0.116. The Hall–Kier alpha value is -0.0800. The molecule has 20 heavy (non-hydrogen) atoms. The number of hydrogen-bond donors (Lipinski definition) is 1. The predicted molar refractivity (Wildman–Crippen MR) is 88.1 cm³/mol. The molecule has 0 aromatic heterocycles. The van der Waals surface area contributed by atoms with Gasteiger partial charge in [0.15, 0.2) is 0 Å². The molecule has 2 aliphatic carbocycles. The summed E-state index contributed by atoms with van der Waals surface area (Å²) in [5.74, 6) is 1.86. The zero-order valence-electron chi connectivity index (χ0n) is 14.2. The number of nitrogens with one attached hydrogen (secondary N) is 1. The molecule has 2 saturated carbocycles. The van der Waals surface area contributed by atoms with Crippen molar-refractivity contribution in [3.05, 3.63) is 0 Å². The molecule has 0 spiro atoms. The van der Waals surface area contributed by atoms with E-state index in [4.69, 9.17) is 0 Å². The van der Waals surface area contributed by atoms with E-state index < -0.39 is 0 Å². The molecule has 1 N–H and O–H groups in total. The maximum atomic E-state index is 3.45. The van der Waals surface area contributed by atoms with Crippen molar-refractivity contribution in [1.29, 1.82) is 0 Å². The summed E-state index contributed by atoms with van der Waals surface area (Å²) in [7, 11) is 4.52. The fourth-order valence-corrected chi connectivity index (χ4v) is 4.45. The topological polar surface area (TPSA) is 15.3 Å². The molecule has 2 nitrogen and oxygen atoms in total. The SMILES string of the molecule is CNC1CCC(N(C)C2CCCC(C(C)C)CC2)CC1. The highest BCUT2D eigenvalue weighted by atomic mass is 15.2. The van der Waals surface area contributed by atoms with Crippen LogP contribution in [0.1, 0.15) is 71.6 Å². The monoisotopic (exact) mass is 280 g/mol. The van der Waals surface area contributed by atoms with E-state index in [2.05, 4.69) is 38.2 Å². The van der Waals surface area contributed by atoms with Gasteiger partial charge < -0.3 is 10.2 Å². The van der Waals surface area contributed by atoms with E-state index in [0.29, 0.717) is 0 Å². The average molecular weight is 280 g/mol. The van der Waals surface area contributed by atoms with Crippen LogP contribution < -0.4 is 5.32 Å². The van der Waals surface area contributed by atoms with E-state index in [1.807, 2.05) is 0 Å². The second-order valence-corrected chi connectivity index (χ2v) is 7.63. The first-order chi connectivity index (χ1) is 9.61. The van der Waals surface area contributed by atoms with Crippen LogP contribution in [0.15, 0.2) is 0 Å². The lowest BCUT2D eigenvalue weighted by Crippen LogP contribution is -2.44. The first-order valence-corrected chi connectivity index (χ1v) is 9.01. The molecule has 2 aliphatic rings. The molecule has 0 amide bonds. The van der Waals surface area contributed by atoms with Crippen LogP contribution >= 0.6 is 0 Å². The van der Waals surface area contributed by atoms with Gasteiger partial charge in [0.1, 0.15) is 0 Å². The van der Waals surface area contributed by atoms with E-state index in [1.54, 1.807) is 0 Å². The van der Waals surface area contributed by atoms with E-state index in [0.717, 1.165) is 30.0 Å². The maximum Gasteiger partial charge on any atom is 0.00963 e. The highest BCUT2D eigenvalue weighted by molar-refractivity contribution is 4.85. The summed E-state index contributed by atoms with van der Waals surface area (Å²) in [6.07, 6.45) is 12.8. The maximum absolute atomic E-state index is 3.45.